The summed E-state index contributed by atoms with van der Waals surface area (Å²) in [6.07, 6.45) is 7.73. The molecule has 1 saturated heterocycles. The van der Waals surface area contributed by atoms with Crippen molar-refractivity contribution >= 4 is 29.2 Å². The third-order valence-corrected chi connectivity index (χ3v) is 4.84. The second-order valence-electron chi connectivity index (χ2n) is 4.63. The molecule has 0 saturated carbocycles. The number of hydrogen-bond donors (Lipinski definition) is 1. The van der Waals surface area contributed by atoms with E-state index in [0.29, 0.717) is 6.54 Å². The van der Waals surface area contributed by atoms with Crippen molar-refractivity contribution in [1.29, 1.82) is 0 Å². The molecule has 1 aromatic heterocycles. The lowest BCUT2D eigenvalue weighted by Gasteiger charge is -2.22. The molecule has 0 amide bonds. The molecule has 1 aliphatic heterocycles. The fourth-order valence-corrected chi connectivity index (χ4v) is 3.38. The normalized spacial score (nSPS) is 20.8. The highest BCUT2D eigenvalue weighted by molar-refractivity contribution is 7.99. The van der Waals surface area contributed by atoms with Crippen molar-refractivity contribution in [3.05, 3.63) is 22.8 Å². The first-order valence-corrected chi connectivity index (χ1v) is 8.03. The molecular formula is C13H20ClN3S. The van der Waals surface area contributed by atoms with Crippen LogP contribution in [0.3, 0.4) is 0 Å². The fourth-order valence-electron chi connectivity index (χ4n) is 2.33. The van der Waals surface area contributed by atoms with E-state index in [1.807, 2.05) is 24.0 Å². The molecule has 0 aromatic carbocycles. The van der Waals surface area contributed by atoms with Gasteiger partial charge in [-0.15, -0.1) is 0 Å². The average Bonchev–Trinajstić information content (AvgIpc) is 2.63. The van der Waals surface area contributed by atoms with Gasteiger partial charge in [0, 0.05) is 31.1 Å². The summed E-state index contributed by atoms with van der Waals surface area (Å²) in [6, 6.07) is 1.93. The Morgan fingerprint density at radius 1 is 1.50 bits per heavy atom. The van der Waals surface area contributed by atoms with E-state index in [0.717, 1.165) is 34.7 Å². The van der Waals surface area contributed by atoms with E-state index in [9.17, 15) is 0 Å². The Labute approximate surface area is 118 Å². The smallest absolute Gasteiger partial charge is 0.147 e. The van der Waals surface area contributed by atoms with Crippen molar-refractivity contribution in [3.63, 3.8) is 0 Å². The molecule has 2 N–H and O–H groups in total. The van der Waals surface area contributed by atoms with Crippen molar-refractivity contribution in [2.24, 2.45) is 5.73 Å². The first-order valence-electron chi connectivity index (χ1n) is 6.37. The number of rotatable bonds is 3. The van der Waals surface area contributed by atoms with E-state index >= 15 is 0 Å². The Hall–Kier alpha value is -0.450. The van der Waals surface area contributed by atoms with Crippen LogP contribution in [0.15, 0.2) is 12.3 Å². The largest absolute Gasteiger partial charge is 0.355 e. The topological polar surface area (TPSA) is 42.2 Å². The maximum absolute atomic E-state index is 6.30. The predicted octanol–water partition coefficient (Wildman–Crippen LogP) is 2.92. The Morgan fingerprint density at radius 3 is 3.00 bits per heavy atom. The minimum absolute atomic E-state index is 0.488. The first-order chi connectivity index (χ1) is 8.74. The Morgan fingerprint density at radius 2 is 2.33 bits per heavy atom. The number of pyridine rings is 1. The summed E-state index contributed by atoms with van der Waals surface area (Å²) in [7, 11) is 0. The number of aromatic nitrogens is 1. The van der Waals surface area contributed by atoms with Gasteiger partial charge in [-0.25, -0.2) is 4.98 Å². The van der Waals surface area contributed by atoms with Gasteiger partial charge in [-0.1, -0.05) is 11.6 Å². The molecule has 18 heavy (non-hydrogen) atoms. The van der Waals surface area contributed by atoms with Gasteiger partial charge in [0.2, 0.25) is 0 Å². The lowest BCUT2D eigenvalue weighted by molar-refractivity contribution is 0.745. The zero-order valence-electron chi connectivity index (χ0n) is 10.7. The number of hydrogen-bond acceptors (Lipinski definition) is 4. The van der Waals surface area contributed by atoms with Crippen LogP contribution in [0.2, 0.25) is 5.02 Å². The number of nitrogens with two attached hydrogens (primary N) is 1. The molecule has 1 atom stereocenters. The average molecular weight is 286 g/mol. The molecule has 1 aliphatic rings. The summed E-state index contributed by atoms with van der Waals surface area (Å²) in [5, 5.41) is 1.50. The van der Waals surface area contributed by atoms with E-state index < -0.39 is 0 Å². The first kappa shape index (κ1) is 14.0. The number of thioether (sulfide) groups is 1. The van der Waals surface area contributed by atoms with Crippen LogP contribution in [0.4, 0.5) is 5.82 Å². The fraction of sp³-hybridized carbons (Fsp3) is 0.615. The van der Waals surface area contributed by atoms with E-state index in [4.69, 9.17) is 17.3 Å². The van der Waals surface area contributed by atoms with Gasteiger partial charge in [0.15, 0.2) is 0 Å². The van der Waals surface area contributed by atoms with Crippen LogP contribution in [0, 0.1) is 0 Å². The summed E-state index contributed by atoms with van der Waals surface area (Å²) in [4.78, 5) is 6.78. The van der Waals surface area contributed by atoms with Crippen LogP contribution in [0.1, 0.15) is 24.8 Å². The SMILES string of the molecule is CSC1CCCN(c2ncc(CN)cc2Cl)CC1. The van der Waals surface area contributed by atoms with Gasteiger partial charge >= 0.3 is 0 Å². The van der Waals surface area contributed by atoms with Gasteiger partial charge in [-0.05, 0) is 37.1 Å². The van der Waals surface area contributed by atoms with E-state index in [1.54, 1.807) is 0 Å². The second kappa shape index (κ2) is 6.64. The summed E-state index contributed by atoms with van der Waals surface area (Å²) in [6.45, 7) is 2.58. The van der Waals surface area contributed by atoms with Gasteiger partial charge in [-0.2, -0.15) is 11.8 Å². The van der Waals surface area contributed by atoms with Crippen molar-refractivity contribution in [2.45, 2.75) is 31.1 Å². The predicted molar refractivity (Wildman–Crippen MR) is 80.5 cm³/mol. The van der Waals surface area contributed by atoms with E-state index in [-0.39, 0.29) is 0 Å². The van der Waals surface area contributed by atoms with Gasteiger partial charge in [0.1, 0.15) is 5.82 Å². The maximum Gasteiger partial charge on any atom is 0.147 e. The van der Waals surface area contributed by atoms with Crippen LogP contribution in [-0.4, -0.2) is 29.6 Å². The highest BCUT2D eigenvalue weighted by atomic mass is 35.5. The monoisotopic (exact) mass is 285 g/mol. The van der Waals surface area contributed by atoms with Gasteiger partial charge in [-0.3, -0.25) is 0 Å². The molecule has 0 bridgehead atoms. The van der Waals surface area contributed by atoms with Gasteiger partial charge in [0.25, 0.3) is 0 Å². The highest BCUT2D eigenvalue weighted by Crippen LogP contribution is 2.28. The van der Waals surface area contributed by atoms with Crippen molar-refractivity contribution < 1.29 is 0 Å². The molecule has 2 heterocycles. The minimum Gasteiger partial charge on any atom is -0.355 e. The van der Waals surface area contributed by atoms with Crippen LogP contribution < -0.4 is 10.6 Å². The van der Waals surface area contributed by atoms with Gasteiger partial charge < -0.3 is 10.6 Å². The molecule has 1 fully saturated rings. The molecular weight excluding hydrogens is 266 g/mol. The molecule has 3 nitrogen and oxygen atoms in total. The van der Waals surface area contributed by atoms with E-state index in [2.05, 4.69) is 16.1 Å². The minimum atomic E-state index is 0.488. The lowest BCUT2D eigenvalue weighted by Crippen LogP contribution is -2.25. The third kappa shape index (κ3) is 3.31. The lowest BCUT2D eigenvalue weighted by atomic mass is 10.2. The van der Waals surface area contributed by atoms with E-state index in [1.165, 1.54) is 19.3 Å². The van der Waals surface area contributed by atoms with Crippen LogP contribution >= 0.6 is 23.4 Å². The van der Waals surface area contributed by atoms with Crippen molar-refractivity contribution in [3.8, 4) is 0 Å². The van der Waals surface area contributed by atoms with Crippen molar-refractivity contribution in [1.82, 2.24) is 4.98 Å². The zero-order valence-corrected chi connectivity index (χ0v) is 12.3. The Kier molecular flexibility index (Phi) is 5.15. The van der Waals surface area contributed by atoms with Crippen LogP contribution in [0.5, 0.6) is 0 Å². The maximum atomic E-state index is 6.30. The molecule has 0 spiro atoms. The number of nitrogens with zero attached hydrogens (tertiary/aromatic N) is 2. The standard InChI is InChI=1S/C13H20ClN3S/c1-18-11-3-2-5-17(6-4-11)13-12(14)7-10(8-15)9-16-13/h7,9,11H,2-6,8,15H2,1H3. The molecule has 1 aromatic rings. The molecule has 0 aliphatic carbocycles. The number of anilines is 1. The zero-order chi connectivity index (χ0) is 13.0. The molecule has 0 radical (unpaired) electrons. The molecule has 1 unspecified atom stereocenters. The second-order valence-corrected chi connectivity index (χ2v) is 6.17. The molecule has 5 heteroatoms. The van der Waals surface area contributed by atoms with Gasteiger partial charge in [0.05, 0.1) is 5.02 Å². The van der Waals surface area contributed by atoms with Crippen LogP contribution in [0.25, 0.3) is 0 Å². The highest BCUT2D eigenvalue weighted by Gasteiger charge is 2.19. The third-order valence-electron chi connectivity index (χ3n) is 3.42. The molecule has 2 rings (SSSR count). The summed E-state index contributed by atoms with van der Waals surface area (Å²) in [5.74, 6) is 0.913. The summed E-state index contributed by atoms with van der Waals surface area (Å²) >= 11 is 8.27. The van der Waals surface area contributed by atoms with Crippen LogP contribution in [-0.2, 0) is 6.54 Å². The Balaban J connectivity index is 2.11. The summed E-state index contributed by atoms with van der Waals surface area (Å²) < 4.78 is 0. The van der Waals surface area contributed by atoms with Crippen molar-refractivity contribution in [2.75, 3.05) is 24.2 Å². The Bertz CT molecular complexity index is 400. The number of halogens is 1. The summed E-state index contributed by atoms with van der Waals surface area (Å²) in [5.41, 5.74) is 6.58. The quantitative estimate of drug-likeness (QED) is 0.927. The molecule has 100 valence electrons.